The van der Waals surface area contributed by atoms with Crippen molar-refractivity contribution in [1.82, 2.24) is 14.9 Å². The Kier molecular flexibility index (Phi) is 4.25. The number of carbonyl (C=O) groups is 1. The van der Waals surface area contributed by atoms with Crippen LogP contribution in [0.5, 0.6) is 0 Å². The molecule has 0 aliphatic rings. The van der Waals surface area contributed by atoms with Crippen LogP contribution >= 0.6 is 0 Å². The fraction of sp³-hybridized carbons (Fsp3) is 0.227. The van der Waals surface area contributed by atoms with Gasteiger partial charge in [0.2, 0.25) is 5.91 Å². The fourth-order valence-corrected chi connectivity index (χ4v) is 3.76. The highest BCUT2D eigenvalue weighted by Gasteiger charge is 2.12. The first-order valence-electron chi connectivity index (χ1n) is 8.99. The number of aryl methyl sites for hydroxylation is 1. The first kappa shape index (κ1) is 16.5. The Hall–Kier alpha value is -3.01. The molecular formula is C22H23N3O. The maximum Gasteiger partial charge on any atom is 0.224 e. The van der Waals surface area contributed by atoms with Gasteiger partial charge in [0, 0.05) is 47.3 Å². The van der Waals surface area contributed by atoms with E-state index in [9.17, 15) is 4.79 Å². The number of hydrogen-bond donors (Lipinski definition) is 2. The molecule has 0 fully saturated rings. The standard InChI is InChI=1S/C22H23N3O/c1-15-17(19-8-4-6-10-21(19)25(15)2)11-12-23-22(26)13-16-14-24-20-9-5-3-7-18(16)20/h3-10,14,24H,11-13H2,1-2H3,(H,23,26). The second kappa shape index (κ2) is 6.71. The molecule has 4 heteroatoms. The van der Waals surface area contributed by atoms with Crippen molar-refractivity contribution in [3.63, 3.8) is 0 Å². The summed E-state index contributed by atoms with van der Waals surface area (Å²) < 4.78 is 2.22. The first-order chi connectivity index (χ1) is 12.6. The summed E-state index contributed by atoms with van der Waals surface area (Å²) in [5.41, 5.74) is 5.93. The van der Waals surface area contributed by atoms with Gasteiger partial charge in [0.15, 0.2) is 0 Å². The van der Waals surface area contributed by atoms with E-state index in [2.05, 4.69) is 53.1 Å². The Morgan fingerprint density at radius 3 is 2.65 bits per heavy atom. The Morgan fingerprint density at radius 2 is 1.81 bits per heavy atom. The van der Waals surface area contributed by atoms with Gasteiger partial charge >= 0.3 is 0 Å². The van der Waals surface area contributed by atoms with Gasteiger partial charge in [-0.2, -0.15) is 0 Å². The molecule has 4 nitrogen and oxygen atoms in total. The quantitative estimate of drug-likeness (QED) is 0.567. The molecule has 1 amide bonds. The summed E-state index contributed by atoms with van der Waals surface area (Å²) in [4.78, 5) is 15.6. The van der Waals surface area contributed by atoms with Gasteiger partial charge in [0.05, 0.1) is 6.42 Å². The summed E-state index contributed by atoms with van der Waals surface area (Å²) in [5.74, 6) is 0.0626. The summed E-state index contributed by atoms with van der Waals surface area (Å²) in [6, 6.07) is 16.5. The Bertz CT molecular complexity index is 1090. The molecule has 2 aromatic heterocycles. The summed E-state index contributed by atoms with van der Waals surface area (Å²) in [6.07, 6.45) is 3.17. The van der Waals surface area contributed by atoms with Crippen molar-refractivity contribution in [3.05, 3.63) is 71.5 Å². The number of benzene rings is 2. The molecule has 0 aliphatic carbocycles. The Balaban J connectivity index is 1.42. The number of nitrogens with zero attached hydrogens (tertiary/aromatic N) is 1. The molecule has 0 saturated carbocycles. The van der Waals surface area contributed by atoms with Gasteiger partial charge in [-0.3, -0.25) is 4.79 Å². The predicted octanol–water partition coefficient (Wildman–Crippen LogP) is 3.87. The monoisotopic (exact) mass is 345 g/mol. The number of rotatable bonds is 5. The van der Waals surface area contributed by atoms with E-state index in [1.54, 1.807) is 0 Å². The van der Waals surface area contributed by atoms with Gasteiger partial charge in [-0.05, 0) is 36.6 Å². The summed E-state index contributed by atoms with van der Waals surface area (Å²) in [7, 11) is 2.09. The number of para-hydroxylation sites is 2. The number of H-pyrrole nitrogens is 1. The van der Waals surface area contributed by atoms with Gasteiger partial charge in [-0.1, -0.05) is 36.4 Å². The van der Waals surface area contributed by atoms with Gasteiger partial charge < -0.3 is 14.9 Å². The smallest absolute Gasteiger partial charge is 0.224 e. The molecule has 0 unspecified atom stereocenters. The van der Waals surface area contributed by atoms with Crippen LogP contribution in [0.2, 0.25) is 0 Å². The maximum absolute atomic E-state index is 12.4. The van der Waals surface area contributed by atoms with Gasteiger partial charge in [0.1, 0.15) is 0 Å². The fourth-order valence-electron chi connectivity index (χ4n) is 3.76. The van der Waals surface area contributed by atoms with Crippen LogP contribution in [-0.2, 0) is 24.7 Å². The van der Waals surface area contributed by atoms with Crippen LogP contribution < -0.4 is 5.32 Å². The number of hydrogen-bond acceptors (Lipinski definition) is 1. The molecular weight excluding hydrogens is 322 g/mol. The molecule has 0 radical (unpaired) electrons. The zero-order chi connectivity index (χ0) is 18.1. The second-order valence-corrected chi connectivity index (χ2v) is 6.78. The second-order valence-electron chi connectivity index (χ2n) is 6.78. The molecule has 4 aromatic rings. The lowest BCUT2D eigenvalue weighted by Gasteiger charge is -2.06. The molecule has 0 spiro atoms. The van der Waals surface area contributed by atoms with Crippen LogP contribution in [0, 0.1) is 6.92 Å². The minimum Gasteiger partial charge on any atom is -0.361 e. The molecule has 2 heterocycles. The lowest BCUT2D eigenvalue weighted by atomic mass is 10.1. The van der Waals surface area contributed by atoms with Crippen molar-refractivity contribution in [2.45, 2.75) is 19.8 Å². The summed E-state index contributed by atoms with van der Waals surface area (Å²) >= 11 is 0. The van der Waals surface area contributed by atoms with Crippen molar-refractivity contribution in [3.8, 4) is 0 Å². The number of amides is 1. The lowest BCUT2D eigenvalue weighted by Crippen LogP contribution is -2.27. The van der Waals surface area contributed by atoms with E-state index in [1.807, 2.05) is 30.5 Å². The highest BCUT2D eigenvalue weighted by atomic mass is 16.1. The van der Waals surface area contributed by atoms with Crippen molar-refractivity contribution >= 4 is 27.7 Å². The number of aromatic nitrogens is 2. The van der Waals surface area contributed by atoms with E-state index in [4.69, 9.17) is 0 Å². The van der Waals surface area contributed by atoms with Gasteiger partial charge in [0.25, 0.3) is 0 Å². The highest BCUT2D eigenvalue weighted by Crippen LogP contribution is 2.25. The zero-order valence-corrected chi connectivity index (χ0v) is 15.2. The number of carbonyl (C=O) groups excluding carboxylic acids is 1. The molecule has 0 atom stereocenters. The van der Waals surface area contributed by atoms with Crippen molar-refractivity contribution in [2.24, 2.45) is 7.05 Å². The van der Waals surface area contributed by atoms with Crippen LogP contribution in [0.4, 0.5) is 0 Å². The third-order valence-corrected chi connectivity index (χ3v) is 5.25. The average Bonchev–Trinajstić information content (AvgIpc) is 3.17. The van der Waals surface area contributed by atoms with Crippen LogP contribution in [0.1, 0.15) is 16.8 Å². The third-order valence-electron chi connectivity index (χ3n) is 5.25. The third kappa shape index (κ3) is 2.88. The minimum atomic E-state index is 0.0626. The maximum atomic E-state index is 12.4. The SMILES string of the molecule is Cc1c(CCNC(=O)Cc2c[nH]c3ccccc23)c2ccccc2n1C. The molecule has 2 aromatic carbocycles. The van der Waals surface area contributed by atoms with Crippen LogP contribution in [0.3, 0.4) is 0 Å². The molecule has 2 N–H and O–H groups in total. The van der Waals surface area contributed by atoms with Crippen LogP contribution in [-0.4, -0.2) is 22.0 Å². The molecule has 0 bridgehead atoms. The predicted molar refractivity (Wildman–Crippen MR) is 106 cm³/mol. The van der Waals surface area contributed by atoms with E-state index in [-0.39, 0.29) is 5.91 Å². The van der Waals surface area contributed by atoms with Crippen LogP contribution in [0.15, 0.2) is 54.7 Å². The zero-order valence-electron chi connectivity index (χ0n) is 15.2. The topological polar surface area (TPSA) is 49.8 Å². The summed E-state index contributed by atoms with van der Waals surface area (Å²) in [5, 5.41) is 5.47. The largest absolute Gasteiger partial charge is 0.361 e. The Labute approximate surface area is 152 Å². The molecule has 26 heavy (non-hydrogen) atoms. The molecule has 0 aliphatic heterocycles. The highest BCUT2D eigenvalue weighted by molar-refractivity contribution is 5.89. The minimum absolute atomic E-state index is 0.0626. The van der Waals surface area contributed by atoms with Crippen molar-refractivity contribution < 1.29 is 4.79 Å². The van der Waals surface area contributed by atoms with E-state index < -0.39 is 0 Å². The number of fused-ring (bicyclic) bond motifs is 2. The van der Waals surface area contributed by atoms with E-state index >= 15 is 0 Å². The van der Waals surface area contributed by atoms with Crippen molar-refractivity contribution in [2.75, 3.05) is 6.54 Å². The lowest BCUT2D eigenvalue weighted by molar-refractivity contribution is -0.120. The van der Waals surface area contributed by atoms with Gasteiger partial charge in [-0.15, -0.1) is 0 Å². The number of nitrogens with one attached hydrogen (secondary N) is 2. The Morgan fingerprint density at radius 1 is 1.08 bits per heavy atom. The van der Waals surface area contributed by atoms with Gasteiger partial charge in [-0.25, -0.2) is 0 Å². The molecule has 4 rings (SSSR count). The normalized spacial score (nSPS) is 11.3. The van der Waals surface area contributed by atoms with E-state index in [0.717, 1.165) is 22.9 Å². The first-order valence-corrected chi connectivity index (χ1v) is 8.99. The van der Waals surface area contributed by atoms with E-state index in [1.165, 1.54) is 22.2 Å². The molecule has 0 saturated heterocycles. The summed E-state index contributed by atoms with van der Waals surface area (Å²) in [6.45, 7) is 2.79. The number of aromatic amines is 1. The van der Waals surface area contributed by atoms with Crippen LogP contribution in [0.25, 0.3) is 21.8 Å². The molecule has 132 valence electrons. The van der Waals surface area contributed by atoms with E-state index in [0.29, 0.717) is 13.0 Å². The average molecular weight is 345 g/mol. The van der Waals surface area contributed by atoms with Crippen molar-refractivity contribution in [1.29, 1.82) is 0 Å².